The Labute approximate surface area is 180 Å². The van der Waals surface area contributed by atoms with Crippen molar-refractivity contribution >= 4 is 23.2 Å². The molecule has 3 aromatic carbocycles. The number of nitrogens with one attached hydrogen (secondary N) is 2. The molecule has 0 atom stereocenters. The number of hydrogen-bond donors (Lipinski definition) is 2. The van der Waals surface area contributed by atoms with Crippen LogP contribution < -0.4 is 20.1 Å². The molecule has 0 radical (unpaired) electrons. The number of amides is 2. The maximum absolute atomic E-state index is 12.7. The van der Waals surface area contributed by atoms with Crippen molar-refractivity contribution in [1.29, 1.82) is 0 Å². The van der Waals surface area contributed by atoms with Gasteiger partial charge in [-0.1, -0.05) is 36.4 Å². The average Bonchev–Trinajstić information content (AvgIpc) is 3.22. The van der Waals surface area contributed by atoms with Crippen LogP contribution in [0.3, 0.4) is 0 Å². The van der Waals surface area contributed by atoms with Crippen LogP contribution in [0.1, 0.15) is 15.9 Å². The standard InChI is InChI=1S/C24H23N3O4/c1-27(14-17-11-12-21-22(13-17)31-16-30-21)15-23(28)26-20-10-6-5-9-19(20)24(29)25-18-7-3-2-4-8-18/h2-13H,14-16H2,1H3,(H,25,29)(H,26,28). The van der Waals surface area contributed by atoms with Crippen LogP contribution in [0.15, 0.2) is 72.8 Å². The molecule has 0 spiro atoms. The van der Waals surface area contributed by atoms with Gasteiger partial charge in [0.15, 0.2) is 11.5 Å². The molecule has 1 aliphatic rings. The van der Waals surface area contributed by atoms with Gasteiger partial charge in [0, 0.05) is 12.2 Å². The molecule has 0 aromatic heterocycles. The number of benzene rings is 3. The van der Waals surface area contributed by atoms with Crippen LogP contribution in [-0.2, 0) is 11.3 Å². The van der Waals surface area contributed by atoms with E-state index in [1.807, 2.05) is 60.5 Å². The quantitative estimate of drug-likeness (QED) is 0.612. The molecule has 2 amide bonds. The van der Waals surface area contributed by atoms with E-state index in [1.165, 1.54) is 0 Å². The Morgan fingerprint density at radius 1 is 0.903 bits per heavy atom. The fraction of sp³-hybridized carbons (Fsp3) is 0.167. The number of anilines is 2. The second-order valence-corrected chi connectivity index (χ2v) is 7.27. The van der Waals surface area contributed by atoms with Crippen molar-refractivity contribution in [2.75, 3.05) is 31.0 Å². The summed E-state index contributed by atoms with van der Waals surface area (Å²) in [5, 5.41) is 5.69. The van der Waals surface area contributed by atoms with Crippen LogP contribution in [0.25, 0.3) is 0 Å². The highest BCUT2D eigenvalue weighted by molar-refractivity contribution is 6.10. The van der Waals surface area contributed by atoms with Crippen LogP contribution in [0, 0.1) is 0 Å². The number of nitrogens with zero attached hydrogens (tertiary/aromatic N) is 1. The average molecular weight is 417 g/mol. The zero-order valence-electron chi connectivity index (χ0n) is 17.1. The molecule has 0 saturated heterocycles. The summed E-state index contributed by atoms with van der Waals surface area (Å²) in [7, 11) is 1.86. The van der Waals surface area contributed by atoms with Gasteiger partial charge in [0.05, 0.1) is 17.8 Å². The number of hydrogen-bond acceptors (Lipinski definition) is 5. The van der Waals surface area contributed by atoms with Gasteiger partial charge >= 0.3 is 0 Å². The maximum Gasteiger partial charge on any atom is 0.257 e. The van der Waals surface area contributed by atoms with Gasteiger partial charge in [-0.3, -0.25) is 14.5 Å². The van der Waals surface area contributed by atoms with Crippen molar-refractivity contribution in [1.82, 2.24) is 4.90 Å². The molecule has 1 aliphatic heterocycles. The Hall–Kier alpha value is -3.84. The van der Waals surface area contributed by atoms with Crippen LogP contribution in [0.4, 0.5) is 11.4 Å². The van der Waals surface area contributed by atoms with E-state index in [2.05, 4.69) is 10.6 Å². The number of para-hydroxylation sites is 2. The predicted molar refractivity (Wildman–Crippen MR) is 118 cm³/mol. The monoisotopic (exact) mass is 417 g/mol. The number of carbonyl (C=O) groups is 2. The molecule has 3 aromatic rings. The fourth-order valence-corrected chi connectivity index (χ4v) is 3.35. The predicted octanol–water partition coefficient (Wildman–Crippen LogP) is 3.74. The number of rotatable bonds is 7. The smallest absolute Gasteiger partial charge is 0.257 e. The first-order valence-corrected chi connectivity index (χ1v) is 9.91. The van der Waals surface area contributed by atoms with Gasteiger partial charge in [0.1, 0.15) is 0 Å². The lowest BCUT2D eigenvalue weighted by molar-refractivity contribution is -0.117. The third kappa shape index (κ3) is 5.21. The highest BCUT2D eigenvalue weighted by atomic mass is 16.7. The fourth-order valence-electron chi connectivity index (χ4n) is 3.35. The summed E-state index contributed by atoms with van der Waals surface area (Å²) >= 11 is 0. The molecule has 0 unspecified atom stereocenters. The van der Waals surface area contributed by atoms with Crippen molar-refractivity contribution in [2.24, 2.45) is 0 Å². The van der Waals surface area contributed by atoms with E-state index in [1.54, 1.807) is 24.3 Å². The number of likely N-dealkylation sites (N-methyl/N-ethyl adjacent to an activating group) is 1. The maximum atomic E-state index is 12.7. The summed E-state index contributed by atoms with van der Waals surface area (Å²) in [6.07, 6.45) is 0. The lowest BCUT2D eigenvalue weighted by Gasteiger charge is -2.17. The van der Waals surface area contributed by atoms with E-state index in [9.17, 15) is 9.59 Å². The van der Waals surface area contributed by atoms with Crippen LogP contribution in [-0.4, -0.2) is 37.1 Å². The third-order valence-corrected chi connectivity index (χ3v) is 4.78. The summed E-state index contributed by atoms with van der Waals surface area (Å²) in [6.45, 7) is 0.970. The van der Waals surface area contributed by atoms with Gasteiger partial charge in [-0.2, -0.15) is 0 Å². The molecular weight excluding hydrogens is 394 g/mol. The molecule has 7 heteroatoms. The minimum atomic E-state index is -0.282. The van der Waals surface area contributed by atoms with E-state index in [0.29, 0.717) is 29.2 Å². The molecule has 158 valence electrons. The zero-order valence-corrected chi connectivity index (χ0v) is 17.1. The van der Waals surface area contributed by atoms with Gasteiger partial charge < -0.3 is 20.1 Å². The van der Waals surface area contributed by atoms with Crippen LogP contribution in [0.5, 0.6) is 11.5 Å². The highest BCUT2D eigenvalue weighted by Gasteiger charge is 2.16. The summed E-state index contributed by atoms with van der Waals surface area (Å²) in [5.41, 5.74) is 2.58. The summed E-state index contributed by atoms with van der Waals surface area (Å²) in [4.78, 5) is 27.2. The molecule has 0 aliphatic carbocycles. The lowest BCUT2D eigenvalue weighted by atomic mass is 10.1. The Balaban J connectivity index is 1.36. The van der Waals surface area contributed by atoms with Gasteiger partial charge in [-0.25, -0.2) is 0 Å². The van der Waals surface area contributed by atoms with Crippen molar-refractivity contribution in [2.45, 2.75) is 6.54 Å². The number of ether oxygens (including phenoxy) is 2. The molecule has 0 fully saturated rings. The Kier molecular flexibility index (Phi) is 6.14. The van der Waals surface area contributed by atoms with Crippen molar-refractivity contribution in [3.05, 3.63) is 83.9 Å². The van der Waals surface area contributed by atoms with Crippen LogP contribution >= 0.6 is 0 Å². The summed E-state index contributed by atoms with van der Waals surface area (Å²) < 4.78 is 10.7. The topological polar surface area (TPSA) is 79.9 Å². The first kappa shape index (κ1) is 20.4. The van der Waals surface area contributed by atoms with E-state index in [4.69, 9.17) is 9.47 Å². The number of carbonyl (C=O) groups excluding carboxylic acids is 2. The third-order valence-electron chi connectivity index (χ3n) is 4.78. The molecule has 0 bridgehead atoms. The Morgan fingerprint density at radius 3 is 2.48 bits per heavy atom. The highest BCUT2D eigenvalue weighted by Crippen LogP contribution is 2.32. The van der Waals surface area contributed by atoms with E-state index in [0.717, 1.165) is 11.3 Å². The van der Waals surface area contributed by atoms with Gasteiger partial charge in [-0.05, 0) is 49.0 Å². The Bertz CT molecular complexity index is 1090. The largest absolute Gasteiger partial charge is 0.454 e. The van der Waals surface area contributed by atoms with Crippen LogP contribution in [0.2, 0.25) is 0 Å². The van der Waals surface area contributed by atoms with Crippen molar-refractivity contribution in [3.63, 3.8) is 0 Å². The Morgan fingerprint density at radius 2 is 1.65 bits per heavy atom. The molecule has 7 nitrogen and oxygen atoms in total. The second kappa shape index (κ2) is 9.32. The van der Waals surface area contributed by atoms with Crippen molar-refractivity contribution in [3.8, 4) is 11.5 Å². The first-order chi connectivity index (χ1) is 15.1. The normalized spacial score (nSPS) is 11.9. The molecule has 2 N–H and O–H groups in total. The summed E-state index contributed by atoms with van der Waals surface area (Å²) in [5.74, 6) is 0.960. The molecule has 1 heterocycles. The van der Waals surface area contributed by atoms with Gasteiger partial charge in [-0.15, -0.1) is 0 Å². The first-order valence-electron chi connectivity index (χ1n) is 9.91. The zero-order chi connectivity index (χ0) is 21.6. The van der Waals surface area contributed by atoms with E-state index < -0.39 is 0 Å². The molecule has 4 rings (SSSR count). The molecular formula is C24H23N3O4. The lowest BCUT2D eigenvalue weighted by Crippen LogP contribution is -2.30. The molecule has 31 heavy (non-hydrogen) atoms. The number of fused-ring (bicyclic) bond motifs is 1. The minimum Gasteiger partial charge on any atom is -0.454 e. The van der Waals surface area contributed by atoms with Gasteiger partial charge in [0.25, 0.3) is 5.91 Å². The van der Waals surface area contributed by atoms with Gasteiger partial charge in [0.2, 0.25) is 12.7 Å². The minimum absolute atomic E-state index is 0.170. The SMILES string of the molecule is CN(CC(=O)Nc1ccccc1C(=O)Nc1ccccc1)Cc1ccc2c(c1)OCO2. The van der Waals surface area contributed by atoms with E-state index >= 15 is 0 Å². The van der Waals surface area contributed by atoms with E-state index in [-0.39, 0.29) is 25.2 Å². The second-order valence-electron chi connectivity index (χ2n) is 7.27. The molecule has 0 saturated carbocycles. The van der Waals surface area contributed by atoms with Crippen molar-refractivity contribution < 1.29 is 19.1 Å². The summed E-state index contributed by atoms with van der Waals surface area (Å²) in [6, 6.07) is 21.9.